The molecule has 0 atom stereocenters. The topological polar surface area (TPSA) is 139 Å². The molecule has 0 aliphatic rings. The second-order valence-corrected chi connectivity index (χ2v) is 6.48. The molecule has 22 heavy (non-hydrogen) atoms. The van der Waals surface area contributed by atoms with Crippen LogP contribution in [0.2, 0.25) is 0 Å². The molecule has 0 heterocycles. The van der Waals surface area contributed by atoms with E-state index in [4.69, 9.17) is 14.5 Å². The van der Waals surface area contributed by atoms with E-state index < -0.39 is 20.6 Å². The van der Waals surface area contributed by atoms with Gasteiger partial charge in [-0.15, -0.1) is 0 Å². The van der Waals surface area contributed by atoms with Crippen molar-refractivity contribution in [3.8, 4) is 22.6 Å². The maximum absolute atomic E-state index is 11.0. The van der Waals surface area contributed by atoms with Crippen LogP contribution in [0.5, 0.6) is 11.5 Å². The molecule has 0 radical (unpaired) electrons. The second kappa shape index (κ2) is 5.93. The molecule has 2 rings (SSSR count). The molecule has 0 spiro atoms. The van der Waals surface area contributed by atoms with Gasteiger partial charge in [-0.05, 0) is 23.8 Å². The fourth-order valence-corrected chi connectivity index (χ4v) is 2.50. The average molecular weight is 344 g/mol. The Labute approximate surface area is 127 Å². The molecule has 0 aromatic heterocycles. The molecule has 0 saturated heterocycles. The van der Waals surface area contributed by atoms with Crippen LogP contribution in [0.15, 0.2) is 48.5 Å². The van der Waals surface area contributed by atoms with E-state index in [-0.39, 0.29) is 11.5 Å². The third-order valence-corrected chi connectivity index (χ3v) is 3.31. The van der Waals surface area contributed by atoms with E-state index in [1.165, 1.54) is 30.3 Å². The van der Waals surface area contributed by atoms with E-state index in [0.29, 0.717) is 11.1 Å². The van der Waals surface area contributed by atoms with Gasteiger partial charge in [0.1, 0.15) is 5.75 Å². The normalized spacial score (nSPS) is 11.9. The standard InChI is InChI=1S/C12H12N2O6S2/c13-21(15,16)19-10-7-5-9(6-8-10)11-3-1-2-4-12(11)20-22(14,17)18/h1-8H,(H2,13,15,16)(H2,14,17,18). The van der Waals surface area contributed by atoms with Crippen molar-refractivity contribution < 1.29 is 25.2 Å². The number of benzene rings is 2. The summed E-state index contributed by atoms with van der Waals surface area (Å²) in [5, 5.41) is 9.62. The van der Waals surface area contributed by atoms with Crippen LogP contribution in [0.3, 0.4) is 0 Å². The van der Waals surface area contributed by atoms with Gasteiger partial charge in [-0.2, -0.15) is 27.1 Å². The number of hydrogen-bond acceptors (Lipinski definition) is 6. The molecule has 8 nitrogen and oxygen atoms in total. The van der Waals surface area contributed by atoms with Crippen LogP contribution < -0.4 is 18.6 Å². The van der Waals surface area contributed by atoms with Gasteiger partial charge in [0.05, 0.1) is 0 Å². The monoisotopic (exact) mass is 344 g/mol. The summed E-state index contributed by atoms with van der Waals surface area (Å²) in [6, 6.07) is 12.1. The summed E-state index contributed by atoms with van der Waals surface area (Å²) in [6.45, 7) is 0. The first-order chi connectivity index (χ1) is 10.1. The molecule has 0 bridgehead atoms. The lowest BCUT2D eigenvalue weighted by molar-refractivity contribution is 0.485. The molecule has 0 unspecified atom stereocenters. The van der Waals surface area contributed by atoms with E-state index in [0.717, 1.165) is 0 Å². The van der Waals surface area contributed by atoms with Crippen molar-refractivity contribution in [3.63, 3.8) is 0 Å². The zero-order valence-corrected chi connectivity index (χ0v) is 12.7. The van der Waals surface area contributed by atoms with Crippen LogP contribution in [0.1, 0.15) is 0 Å². The highest BCUT2D eigenvalue weighted by atomic mass is 32.2. The minimum atomic E-state index is -4.16. The maximum Gasteiger partial charge on any atom is 0.380 e. The van der Waals surface area contributed by atoms with E-state index in [2.05, 4.69) is 4.18 Å². The van der Waals surface area contributed by atoms with Crippen LogP contribution >= 0.6 is 0 Å². The maximum atomic E-state index is 11.0. The van der Waals surface area contributed by atoms with Crippen molar-refractivity contribution in [2.24, 2.45) is 10.3 Å². The summed E-state index contributed by atoms with van der Waals surface area (Å²) in [7, 11) is -8.27. The molecule has 4 N–H and O–H groups in total. The highest BCUT2D eigenvalue weighted by molar-refractivity contribution is 7.85. The number of para-hydroxylation sites is 1. The van der Waals surface area contributed by atoms with Crippen molar-refractivity contribution in [2.75, 3.05) is 0 Å². The van der Waals surface area contributed by atoms with Gasteiger partial charge in [0, 0.05) is 5.56 Å². The van der Waals surface area contributed by atoms with Crippen molar-refractivity contribution >= 4 is 20.6 Å². The minimum absolute atomic E-state index is 0.0242. The van der Waals surface area contributed by atoms with Gasteiger partial charge < -0.3 is 8.37 Å². The summed E-state index contributed by atoms with van der Waals surface area (Å²) in [4.78, 5) is 0. The molecular formula is C12H12N2O6S2. The molecule has 118 valence electrons. The van der Waals surface area contributed by atoms with Crippen molar-refractivity contribution in [1.82, 2.24) is 0 Å². The Kier molecular flexibility index (Phi) is 4.37. The van der Waals surface area contributed by atoms with Crippen LogP contribution in [0.25, 0.3) is 11.1 Å². The highest BCUT2D eigenvalue weighted by Crippen LogP contribution is 2.31. The molecule has 0 saturated carbocycles. The van der Waals surface area contributed by atoms with Gasteiger partial charge in [0.25, 0.3) is 0 Å². The summed E-state index contributed by atoms with van der Waals surface area (Å²) in [6.07, 6.45) is 0. The van der Waals surface area contributed by atoms with Crippen LogP contribution in [0.4, 0.5) is 0 Å². The molecule has 0 aliphatic carbocycles. The summed E-state index contributed by atoms with van der Waals surface area (Å²) < 4.78 is 52.9. The third kappa shape index (κ3) is 4.70. The highest BCUT2D eigenvalue weighted by Gasteiger charge is 2.12. The van der Waals surface area contributed by atoms with Crippen molar-refractivity contribution in [3.05, 3.63) is 48.5 Å². The first-order valence-electron chi connectivity index (χ1n) is 5.78. The van der Waals surface area contributed by atoms with Gasteiger partial charge in [-0.1, -0.05) is 30.3 Å². The van der Waals surface area contributed by atoms with Gasteiger partial charge in [-0.25, -0.2) is 0 Å². The lowest BCUT2D eigenvalue weighted by Crippen LogP contribution is -2.19. The van der Waals surface area contributed by atoms with E-state index >= 15 is 0 Å². The Hall–Kier alpha value is -2.14. The largest absolute Gasteiger partial charge is 0.380 e. The predicted octanol–water partition coefficient (Wildman–Crippen LogP) is 0.518. The van der Waals surface area contributed by atoms with Gasteiger partial charge >= 0.3 is 20.6 Å². The first kappa shape index (κ1) is 16.2. The Balaban J connectivity index is 2.37. The zero-order valence-electron chi connectivity index (χ0n) is 11.0. The Morgan fingerprint density at radius 1 is 0.727 bits per heavy atom. The second-order valence-electron chi connectivity index (χ2n) is 4.17. The Morgan fingerprint density at radius 3 is 1.82 bits per heavy atom. The predicted molar refractivity (Wildman–Crippen MR) is 79.3 cm³/mol. The number of rotatable bonds is 5. The van der Waals surface area contributed by atoms with Crippen LogP contribution in [-0.2, 0) is 20.6 Å². The van der Waals surface area contributed by atoms with Gasteiger partial charge in [0.2, 0.25) is 0 Å². The molecular weight excluding hydrogens is 332 g/mol. The lowest BCUT2D eigenvalue weighted by atomic mass is 10.0. The fourth-order valence-electron chi connectivity index (χ4n) is 1.73. The van der Waals surface area contributed by atoms with Gasteiger partial charge in [-0.3, -0.25) is 0 Å². The lowest BCUT2D eigenvalue weighted by Gasteiger charge is -2.10. The first-order valence-corrected chi connectivity index (χ1v) is 8.72. The number of nitrogens with two attached hydrogens (primary N) is 2. The quantitative estimate of drug-likeness (QED) is 0.810. The fraction of sp³-hybridized carbons (Fsp3) is 0. The SMILES string of the molecule is NS(=O)(=O)Oc1ccc(-c2ccccc2OS(N)(=O)=O)cc1. The van der Waals surface area contributed by atoms with Crippen LogP contribution in [-0.4, -0.2) is 16.8 Å². The van der Waals surface area contributed by atoms with E-state index in [1.807, 2.05) is 0 Å². The summed E-state index contributed by atoms with van der Waals surface area (Å²) in [5.41, 5.74) is 1.03. The summed E-state index contributed by atoms with van der Waals surface area (Å²) in [5.74, 6) is 0.0706. The van der Waals surface area contributed by atoms with E-state index in [9.17, 15) is 16.8 Å². The minimum Gasteiger partial charge on any atom is -0.371 e. The molecule has 2 aromatic carbocycles. The average Bonchev–Trinajstić information content (AvgIpc) is 2.37. The Bertz CT molecular complexity index is 876. The summed E-state index contributed by atoms with van der Waals surface area (Å²) >= 11 is 0. The van der Waals surface area contributed by atoms with Crippen molar-refractivity contribution in [2.45, 2.75) is 0 Å². The molecule has 0 amide bonds. The molecule has 10 heteroatoms. The third-order valence-electron chi connectivity index (χ3n) is 2.47. The Morgan fingerprint density at radius 2 is 1.27 bits per heavy atom. The van der Waals surface area contributed by atoms with Gasteiger partial charge in [0.15, 0.2) is 5.75 Å². The smallest absolute Gasteiger partial charge is 0.371 e. The van der Waals surface area contributed by atoms with Crippen molar-refractivity contribution in [1.29, 1.82) is 0 Å². The molecule has 2 aromatic rings. The molecule has 0 aliphatic heterocycles. The number of hydrogen-bond donors (Lipinski definition) is 2. The van der Waals surface area contributed by atoms with E-state index in [1.54, 1.807) is 18.2 Å². The zero-order chi connectivity index (χ0) is 16.4. The van der Waals surface area contributed by atoms with Crippen LogP contribution in [0, 0.1) is 0 Å². The molecule has 0 fully saturated rings.